The Kier molecular flexibility index (Phi) is 4.76. The fourth-order valence-electron chi connectivity index (χ4n) is 1.49. The van der Waals surface area contributed by atoms with Crippen molar-refractivity contribution in [2.24, 2.45) is 4.99 Å². The van der Waals surface area contributed by atoms with Gasteiger partial charge in [0.1, 0.15) is 5.82 Å². The standard InChI is InChI=1S/C12H9BrFN5S/c1-20-12(16-7-15)18-10-4-9(14)2-3-11(10)19-6-8(13)5-17-19/h2-6H,1H3,(H,16,18). The van der Waals surface area contributed by atoms with Gasteiger partial charge in [0, 0.05) is 12.3 Å². The molecule has 8 heteroatoms. The molecule has 2 aromatic rings. The van der Waals surface area contributed by atoms with Gasteiger partial charge in [0.25, 0.3) is 0 Å². The van der Waals surface area contributed by atoms with Crippen LogP contribution >= 0.6 is 27.7 Å². The topological polar surface area (TPSA) is 66.0 Å². The zero-order valence-corrected chi connectivity index (χ0v) is 12.7. The van der Waals surface area contributed by atoms with Crippen molar-refractivity contribution in [2.45, 2.75) is 0 Å². The number of nitrogens with zero attached hydrogens (tertiary/aromatic N) is 4. The summed E-state index contributed by atoms with van der Waals surface area (Å²) < 4.78 is 15.8. The lowest BCUT2D eigenvalue weighted by Crippen LogP contribution is -2.12. The number of benzene rings is 1. The lowest BCUT2D eigenvalue weighted by molar-refractivity contribution is 0.627. The van der Waals surface area contributed by atoms with Crippen LogP contribution in [0.25, 0.3) is 5.69 Å². The number of thioether (sulfide) groups is 1. The number of nitriles is 1. The second kappa shape index (κ2) is 6.54. The normalized spacial score (nSPS) is 11.2. The molecule has 1 heterocycles. The highest BCUT2D eigenvalue weighted by molar-refractivity contribution is 9.10. The van der Waals surface area contributed by atoms with E-state index in [4.69, 9.17) is 5.26 Å². The number of hydrogen-bond donors (Lipinski definition) is 1. The molecule has 1 aromatic heterocycles. The minimum absolute atomic E-state index is 0.380. The van der Waals surface area contributed by atoms with Gasteiger partial charge < -0.3 is 0 Å². The summed E-state index contributed by atoms with van der Waals surface area (Å²) in [6, 6.07) is 4.21. The van der Waals surface area contributed by atoms with Crippen LogP contribution in [0.5, 0.6) is 0 Å². The zero-order chi connectivity index (χ0) is 14.5. The maximum Gasteiger partial charge on any atom is 0.183 e. The van der Waals surface area contributed by atoms with E-state index in [2.05, 4.69) is 31.3 Å². The fraction of sp³-hybridized carbons (Fsp3) is 0.0833. The maximum atomic E-state index is 13.4. The van der Waals surface area contributed by atoms with Gasteiger partial charge in [0.15, 0.2) is 11.4 Å². The first kappa shape index (κ1) is 14.6. The lowest BCUT2D eigenvalue weighted by atomic mass is 10.2. The number of rotatable bonds is 2. The van der Waals surface area contributed by atoms with Gasteiger partial charge in [-0.3, -0.25) is 5.32 Å². The summed E-state index contributed by atoms with van der Waals surface area (Å²) >= 11 is 4.56. The highest BCUT2D eigenvalue weighted by atomic mass is 79.9. The summed E-state index contributed by atoms with van der Waals surface area (Å²) in [4.78, 5) is 4.24. The highest BCUT2D eigenvalue weighted by Crippen LogP contribution is 2.26. The third-order valence-corrected chi connectivity index (χ3v) is 3.30. The van der Waals surface area contributed by atoms with Gasteiger partial charge >= 0.3 is 0 Å². The molecular weight excluding hydrogens is 345 g/mol. The number of hydrogen-bond acceptors (Lipinski definition) is 4. The molecule has 1 aromatic carbocycles. The van der Waals surface area contributed by atoms with Crippen molar-refractivity contribution >= 4 is 38.5 Å². The van der Waals surface area contributed by atoms with Crippen LogP contribution in [0.15, 0.2) is 40.1 Å². The molecule has 0 aliphatic carbocycles. The molecule has 0 atom stereocenters. The van der Waals surface area contributed by atoms with E-state index in [9.17, 15) is 4.39 Å². The van der Waals surface area contributed by atoms with Crippen molar-refractivity contribution in [1.29, 1.82) is 5.26 Å². The fourth-order valence-corrected chi connectivity index (χ4v) is 2.12. The number of halogens is 2. The summed E-state index contributed by atoms with van der Waals surface area (Å²) in [6.45, 7) is 0. The second-order valence-electron chi connectivity index (χ2n) is 3.59. The first-order valence-corrected chi connectivity index (χ1v) is 7.43. The third-order valence-electron chi connectivity index (χ3n) is 2.31. The summed E-state index contributed by atoms with van der Waals surface area (Å²) in [5.74, 6) is -0.406. The van der Waals surface area contributed by atoms with E-state index >= 15 is 0 Å². The Labute approximate surface area is 127 Å². The molecule has 102 valence electrons. The van der Waals surface area contributed by atoms with Crippen molar-refractivity contribution in [3.05, 3.63) is 40.9 Å². The molecule has 20 heavy (non-hydrogen) atoms. The predicted octanol–water partition coefficient (Wildman–Crippen LogP) is 3.20. The molecule has 0 aliphatic heterocycles. The van der Waals surface area contributed by atoms with Crippen molar-refractivity contribution < 1.29 is 4.39 Å². The Hall–Kier alpha value is -1.85. The Balaban J connectivity index is 2.51. The summed E-state index contributed by atoms with van der Waals surface area (Å²) in [5, 5.41) is 15.6. The molecule has 0 spiro atoms. The molecule has 2 rings (SSSR count). The smallest absolute Gasteiger partial charge is 0.183 e. The first-order chi connectivity index (χ1) is 9.63. The molecule has 0 bridgehead atoms. The summed E-state index contributed by atoms with van der Waals surface area (Å²) in [6.07, 6.45) is 6.93. The van der Waals surface area contributed by atoms with Crippen molar-refractivity contribution in [3.8, 4) is 11.9 Å². The van der Waals surface area contributed by atoms with Gasteiger partial charge in [-0.15, -0.1) is 0 Å². The van der Waals surface area contributed by atoms with Gasteiger partial charge in [-0.05, 0) is 34.3 Å². The molecule has 0 saturated heterocycles. The van der Waals surface area contributed by atoms with Crippen LogP contribution in [0, 0.1) is 17.3 Å². The number of aromatic nitrogens is 2. The van der Waals surface area contributed by atoms with Gasteiger partial charge in [0.2, 0.25) is 0 Å². The van der Waals surface area contributed by atoms with E-state index in [1.54, 1.807) is 35.6 Å². The SMILES string of the molecule is CSC(=Nc1cc(F)ccc1-n1cc(Br)cn1)NC#N. The molecule has 0 saturated carbocycles. The van der Waals surface area contributed by atoms with Crippen molar-refractivity contribution in [2.75, 3.05) is 6.26 Å². The number of amidine groups is 1. The van der Waals surface area contributed by atoms with Crippen LogP contribution in [-0.4, -0.2) is 21.2 Å². The largest absolute Gasteiger partial charge is 0.271 e. The molecule has 0 amide bonds. The Bertz CT molecular complexity index is 691. The third kappa shape index (κ3) is 3.37. The van der Waals surface area contributed by atoms with Gasteiger partial charge in [-0.25, -0.2) is 14.1 Å². The van der Waals surface area contributed by atoms with Gasteiger partial charge in [-0.1, -0.05) is 11.8 Å². The maximum absolute atomic E-state index is 13.4. The molecule has 0 fully saturated rings. The van der Waals surface area contributed by atoms with Crippen LogP contribution in [0.2, 0.25) is 0 Å². The van der Waals surface area contributed by atoms with Crippen LogP contribution in [0.4, 0.5) is 10.1 Å². The van der Waals surface area contributed by atoms with E-state index in [-0.39, 0.29) is 0 Å². The quantitative estimate of drug-likeness (QED) is 0.389. The van der Waals surface area contributed by atoms with Gasteiger partial charge in [0.05, 0.1) is 22.0 Å². The van der Waals surface area contributed by atoms with E-state index in [0.29, 0.717) is 16.5 Å². The van der Waals surface area contributed by atoms with E-state index in [0.717, 1.165) is 4.47 Å². The van der Waals surface area contributed by atoms with Crippen molar-refractivity contribution in [3.63, 3.8) is 0 Å². The lowest BCUT2D eigenvalue weighted by Gasteiger charge is -2.07. The Morgan fingerprint density at radius 3 is 3.00 bits per heavy atom. The second-order valence-corrected chi connectivity index (χ2v) is 5.30. The van der Waals surface area contributed by atoms with Crippen LogP contribution in [0.1, 0.15) is 0 Å². The van der Waals surface area contributed by atoms with Crippen LogP contribution in [-0.2, 0) is 0 Å². The Morgan fingerprint density at radius 2 is 2.40 bits per heavy atom. The molecule has 0 aliphatic rings. The first-order valence-electron chi connectivity index (χ1n) is 5.42. The monoisotopic (exact) mass is 353 g/mol. The summed E-state index contributed by atoms with van der Waals surface area (Å²) in [5.41, 5.74) is 0.996. The number of aliphatic imine (C=N–C) groups is 1. The minimum atomic E-state index is -0.406. The summed E-state index contributed by atoms with van der Waals surface area (Å²) in [7, 11) is 0. The average Bonchev–Trinajstić information content (AvgIpc) is 2.85. The molecular formula is C12H9BrFN5S. The minimum Gasteiger partial charge on any atom is -0.271 e. The molecule has 0 unspecified atom stereocenters. The van der Waals surface area contributed by atoms with E-state index < -0.39 is 5.82 Å². The molecule has 0 radical (unpaired) electrons. The average molecular weight is 354 g/mol. The van der Waals surface area contributed by atoms with Crippen LogP contribution < -0.4 is 5.32 Å². The van der Waals surface area contributed by atoms with E-state index in [1.165, 1.54) is 23.9 Å². The molecule has 1 N–H and O–H groups in total. The van der Waals surface area contributed by atoms with Gasteiger partial charge in [-0.2, -0.15) is 10.4 Å². The predicted molar refractivity (Wildman–Crippen MR) is 80.6 cm³/mol. The zero-order valence-electron chi connectivity index (χ0n) is 10.3. The number of nitrogens with one attached hydrogen (secondary N) is 1. The van der Waals surface area contributed by atoms with E-state index in [1.807, 2.05) is 0 Å². The van der Waals surface area contributed by atoms with Crippen LogP contribution in [0.3, 0.4) is 0 Å². The Morgan fingerprint density at radius 1 is 1.60 bits per heavy atom. The highest BCUT2D eigenvalue weighted by Gasteiger charge is 2.08. The van der Waals surface area contributed by atoms with Crippen molar-refractivity contribution in [1.82, 2.24) is 15.1 Å². The molecule has 5 nitrogen and oxygen atoms in total.